The molecule has 2 rings (SSSR count). The number of anilines is 1. The molecule has 0 saturated carbocycles. The molecule has 84 valence electrons. The van der Waals surface area contributed by atoms with Crippen molar-refractivity contribution in [2.45, 2.75) is 27.7 Å². The molecule has 0 aliphatic rings. The third kappa shape index (κ3) is 1.58. The molecule has 0 spiro atoms. The summed E-state index contributed by atoms with van der Waals surface area (Å²) < 4.78 is 5.28. The fourth-order valence-electron chi connectivity index (χ4n) is 1.78. The minimum atomic E-state index is 0.631. The number of benzene rings is 1. The van der Waals surface area contributed by atoms with E-state index in [1.54, 1.807) is 0 Å². The molecule has 0 radical (unpaired) electrons. The van der Waals surface area contributed by atoms with E-state index in [1.807, 2.05) is 6.92 Å². The van der Waals surface area contributed by atoms with Gasteiger partial charge in [0.25, 0.3) is 0 Å². The van der Waals surface area contributed by atoms with Crippen LogP contribution in [-0.2, 0) is 0 Å². The van der Waals surface area contributed by atoms with Crippen LogP contribution in [0.4, 0.5) is 5.69 Å². The van der Waals surface area contributed by atoms with Crippen molar-refractivity contribution in [3.05, 3.63) is 34.5 Å². The molecule has 1 aromatic carbocycles. The topological polar surface area (TPSA) is 52.0 Å². The van der Waals surface area contributed by atoms with E-state index < -0.39 is 0 Å². The zero-order valence-corrected chi connectivity index (χ0v) is 10.1. The SMILES string of the molecule is Cc1cc(C)c(-c2onc(C)c2N)cc1C. The van der Waals surface area contributed by atoms with Gasteiger partial charge in [-0.2, -0.15) is 0 Å². The first-order valence-corrected chi connectivity index (χ1v) is 5.30. The molecule has 0 amide bonds. The summed E-state index contributed by atoms with van der Waals surface area (Å²) in [6.45, 7) is 8.08. The number of nitrogens with two attached hydrogens (primary N) is 1. The molecule has 3 nitrogen and oxygen atoms in total. The fraction of sp³-hybridized carbons (Fsp3) is 0.308. The van der Waals surface area contributed by atoms with E-state index in [4.69, 9.17) is 10.3 Å². The lowest BCUT2D eigenvalue weighted by Crippen LogP contribution is -1.92. The van der Waals surface area contributed by atoms with Gasteiger partial charge in [-0.05, 0) is 50.5 Å². The number of rotatable bonds is 1. The lowest BCUT2D eigenvalue weighted by atomic mass is 9.98. The maximum absolute atomic E-state index is 5.94. The predicted octanol–water partition coefficient (Wildman–Crippen LogP) is 3.16. The summed E-state index contributed by atoms with van der Waals surface area (Å²) in [7, 11) is 0. The Morgan fingerprint density at radius 1 is 1.00 bits per heavy atom. The summed E-state index contributed by atoms with van der Waals surface area (Å²) in [4.78, 5) is 0. The zero-order valence-electron chi connectivity index (χ0n) is 10.1. The third-order valence-electron chi connectivity index (χ3n) is 2.99. The van der Waals surface area contributed by atoms with Crippen molar-refractivity contribution in [3.8, 4) is 11.3 Å². The Labute approximate surface area is 95.3 Å². The van der Waals surface area contributed by atoms with Crippen LogP contribution in [0.15, 0.2) is 16.7 Å². The van der Waals surface area contributed by atoms with Gasteiger partial charge in [0.15, 0.2) is 5.76 Å². The Bertz CT molecular complexity index is 541. The van der Waals surface area contributed by atoms with Crippen molar-refractivity contribution in [3.63, 3.8) is 0 Å². The molecule has 3 heteroatoms. The van der Waals surface area contributed by atoms with Gasteiger partial charge in [0.1, 0.15) is 11.4 Å². The highest BCUT2D eigenvalue weighted by atomic mass is 16.5. The average molecular weight is 216 g/mol. The van der Waals surface area contributed by atoms with Crippen LogP contribution in [0, 0.1) is 27.7 Å². The average Bonchev–Trinajstić information content (AvgIpc) is 2.54. The van der Waals surface area contributed by atoms with E-state index in [9.17, 15) is 0 Å². The number of hydrogen-bond acceptors (Lipinski definition) is 3. The molecule has 0 aliphatic heterocycles. The number of nitrogen functional groups attached to an aromatic ring is 1. The summed E-state index contributed by atoms with van der Waals surface area (Å²) in [5.74, 6) is 0.679. The van der Waals surface area contributed by atoms with E-state index >= 15 is 0 Å². The second-order valence-electron chi connectivity index (χ2n) is 4.26. The van der Waals surface area contributed by atoms with E-state index in [0.717, 1.165) is 16.8 Å². The summed E-state index contributed by atoms with van der Waals surface area (Å²) in [5.41, 5.74) is 12.0. The first-order chi connectivity index (χ1) is 7.50. The van der Waals surface area contributed by atoms with Crippen LogP contribution in [0.1, 0.15) is 22.4 Å². The van der Waals surface area contributed by atoms with Gasteiger partial charge in [0.2, 0.25) is 0 Å². The maximum Gasteiger partial charge on any atom is 0.190 e. The first-order valence-electron chi connectivity index (χ1n) is 5.30. The fourth-order valence-corrected chi connectivity index (χ4v) is 1.78. The van der Waals surface area contributed by atoms with Gasteiger partial charge in [-0.1, -0.05) is 11.2 Å². The van der Waals surface area contributed by atoms with Crippen LogP contribution < -0.4 is 5.73 Å². The van der Waals surface area contributed by atoms with Gasteiger partial charge < -0.3 is 10.3 Å². The van der Waals surface area contributed by atoms with Gasteiger partial charge in [-0.25, -0.2) is 0 Å². The van der Waals surface area contributed by atoms with Crippen molar-refractivity contribution in [1.82, 2.24) is 5.16 Å². The summed E-state index contributed by atoms with van der Waals surface area (Å²) >= 11 is 0. The molecule has 0 saturated heterocycles. The predicted molar refractivity (Wildman–Crippen MR) is 65.3 cm³/mol. The van der Waals surface area contributed by atoms with E-state index in [-0.39, 0.29) is 0 Å². The molecule has 0 atom stereocenters. The van der Waals surface area contributed by atoms with Crippen molar-refractivity contribution in [1.29, 1.82) is 0 Å². The summed E-state index contributed by atoms with van der Waals surface area (Å²) in [6, 6.07) is 4.24. The maximum atomic E-state index is 5.94. The van der Waals surface area contributed by atoms with Crippen LogP contribution in [0.3, 0.4) is 0 Å². The van der Waals surface area contributed by atoms with Crippen molar-refractivity contribution in [2.24, 2.45) is 0 Å². The Hall–Kier alpha value is -1.77. The Morgan fingerprint density at radius 2 is 1.62 bits per heavy atom. The molecule has 2 aromatic rings. The molecule has 2 N–H and O–H groups in total. The Kier molecular flexibility index (Phi) is 2.46. The van der Waals surface area contributed by atoms with Crippen LogP contribution in [0.5, 0.6) is 0 Å². The van der Waals surface area contributed by atoms with Gasteiger partial charge in [0.05, 0.1) is 0 Å². The molecule has 1 aromatic heterocycles. The highest BCUT2D eigenvalue weighted by Crippen LogP contribution is 2.32. The van der Waals surface area contributed by atoms with E-state index in [0.29, 0.717) is 11.4 Å². The normalized spacial score (nSPS) is 10.8. The lowest BCUT2D eigenvalue weighted by molar-refractivity contribution is 0.427. The molecule has 0 aliphatic carbocycles. The Balaban J connectivity index is 2.65. The van der Waals surface area contributed by atoms with Crippen molar-refractivity contribution < 1.29 is 4.52 Å². The largest absolute Gasteiger partial charge is 0.394 e. The third-order valence-corrected chi connectivity index (χ3v) is 2.99. The second-order valence-corrected chi connectivity index (χ2v) is 4.26. The minimum absolute atomic E-state index is 0.631. The van der Waals surface area contributed by atoms with E-state index in [2.05, 4.69) is 38.1 Å². The van der Waals surface area contributed by atoms with Crippen LogP contribution in [0.25, 0.3) is 11.3 Å². The quantitative estimate of drug-likeness (QED) is 0.796. The number of aromatic nitrogens is 1. The van der Waals surface area contributed by atoms with Crippen molar-refractivity contribution >= 4 is 5.69 Å². The number of hydrogen-bond donors (Lipinski definition) is 1. The molecule has 0 unspecified atom stereocenters. The number of aryl methyl sites for hydroxylation is 4. The lowest BCUT2D eigenvalue weighted by Gasteiger charge is -2.07. The van der Waals surface area contributed by atoms with Gasteiger partial charge in [-0.3, -0.25) is 0 Å². The van der Waals surface area contributed by atoms with Crippen LogP contribution in [0.2, 0.25) is 0 Å². The molecule has 0 fully saturated rings. The van der Waals surface area contributed by atoms with E-state index in [1.165, 1.54) is 11.1 Å². The molecule has 1 heterocycles. The second kappa shape index (κ2) is 3.67. The van der Waals surface area contributed by atoms with Crippen LogP contribution in [-0.4, -0.2) is 5.16 Å². The standard InChI is InChI=1S/C13H16N2O/c1-7-5-9(3)11(6-8(7)2)13-12(14)10(4)15-16-13/h5-6H,14H2,1-4H3. The minimum Gasteiger partial charge on any atom is -0.394 e. The molecule has 0 bridgehead atoms. The number of nitrogens with zero attached hydrogens (tertiary/aromatic N) is 1. The molecular formula is C13H16N2O. The van der Waals surface area contributed by atoms with Gasteiger partial charge >= 0.3 is 0 Å². The summed E-state index contributed by atoms with van der Waals surface area (Å²) in [5, 5.41) is 3.89. The van der Waals surface area contributed by atoms with Gasteiger partial charge in [0, 0.05) is 5.56 Å². The van der Waals surface area contributed by atoms with Crippen LogP contribution >= 0.6 is 0 Å². The monoisotopic (exact) mass is 216 g/mol. The Morgan fingerprint density at radius 3 is 2.19 bits per heavy atom. The smallest absolute Gasteiger partial charge is 0.190 e. The van der Waals surface area contributed by atoms with Gasteiger partial charge in [-0.15, -0.1) is 0 Å². The molecular weight excluding hydrogens is 200 g/mol. The summed E-state index contributed by atoms with van der Waals surface area (Å²) in [6.07, 6.45) is 0. The molecule has 16 heavy (non-hydrogen) atoms. The first kappa shape index (κ1) is 10.7. The highest BCUT2D eigenvalue weighted by molar-refractivity contribution is 5.75. The van der Waals surface area contributed by atoms with Crippen molar-refractivity contribution in [2.75, 3.05) is 5.73 Å². The highest BCUT2D eigenvalue weighted by Gasteiger charge is 2.14. The zero-order chi connectivity index (χ0) is 11.9.